The summed E-state index contributed by atoms with van der Waals surface area (Å²) in [5, 5.41) is 0. The molecule has 0 aromatic carbocycles. The highest BCUT2D eigenvalue weighted by Gasteiger charge is 2.19. The van der Waals surface area contributed by atoms with Crippen molar-refractivity contribution in [2.45, 2.75) is 37.6 Å². The van der Waals surface area contributed by atoms with Crippen LogP contribution >= 0.6 is 15.9 Å². The molecular weight excluding hydrogens is 282 g/mol. The molecule has 0 aliphatic carbocycles. The quantitative estimate of drug-likeness (QED) is 0.804. The fourth-order valence-corrected chi connectivity index (χ4v) is 2.57. The van der Waals surface area contributed by atoms with Gasteiger partial charge in [0.2, 0.25) is 11.8 Å². The Hall–Kier alpha value is -0.840. The molecule has 1 saturated heterocycles. The van der Waals surface area contributed by atoms with Crippen LogP contribution in [0, 0.1) is 0 Å². The molecule has 1 aliphatic heterocycles. The van der Waals surface area contributed by atoms with Crippen molar-refractivity contribution in [3.8, 4) is 5.88 Å². The standard InChI is InChI=1S/C12H18BrN3O/c1-9(2)17-11-5-6-14-12(15-11)16-7-3-4-10(13)8-16/h5-6,9-10H,3-4,7-8H2,1-2H3. The molecule has 0 amide bonds. The summed E-state index contributed by atoms with van der Waals surface area (Å²) >= 11 is 3.66. The third kappa shape index (κ3) is 3.56. The van der Waals surface area contributed by atoms with Crippen LogP contribution in [0.25, 0.3) is 0 Å². The third-order valence-electron chi connectivity index (χ3n) is 2.62. The maximum absolute atomic E-state index is 5.58. The minimum atomic E-state index is 0.142. The van der Waals surface area contributed by atoms with E-state index in [4.69, 9.17) is 4.74 Å². The van der Waals surface area contributed by atoms with Crippen molar-refractivity contribution in [1.82, 2.24) is 9.97 Å². The predicted octanol–water partition coefficient (Wildman–Crippen LogP) is 2.63. The first-order valence-corrected chi connectivity index (χ1v) is 6.95. The van der Waals surface area contributed by atoms with Crippen LogP contribution in [0.3, 0.4) is 0 Å². The Morgan fingerprint density at radius 3 is 3.06 bits per heavy atom. The lowest BCUT2D eigenvalue weighted by Gasteiger charge is -2.30. The average Bonchev–Trinajstić information content (AvgIpc) is 2.28. The molecule has 4 nitrogen and oxygen atoms in total. The van der Waals surface area contributed by atoms with Gasteiger partial charge in [0.15, 0.2) is 0 Å². The van der Waals surface area contributed by atoms with Crippen molar-refractivity contribution in [3.05, 3.63) is 12.3 Å². The van der Waals surface area contributed by atoms with Crippen molar-refractivity contribution < 1.29 is 4.74 Å². The molecule has 1 atom stereocenters. The molecule has 0 radical (unpaired) electrons. The van der Waals surface area contributed by atoms with E-state index in [2.05, 4.69) is 30.8 Å². The van der Waals surface area contributed by atoms with Crippen molar-refractivity contribution in [2.75, 3.05) is 18.0 Å². The fourth-order valence-electron chi connectivity index (χ4n) is 1.90. The van der Waals surface area contributed by atoms with Crippen LogP contribution in [0.15, 0.2) is 12.3 Å². The van der Waals surface area contributed by atoms with Gasteiger partial charge in [-0.05, 0) is 26.7 Å². The highest BCUT2D eigenvalue weighted by atomic mass is 79.9. The van der Waals surface area contributed by atoms with Gasteiger partial charge in [-0.15, -0.1) is 0 Å². The van der Waals surface area contributed by atoms with Crippen LogP contribution < -0.4 is 9.64 Å². The molecule has 2 rings (SSSR count). The molecule has 0 saturated carbocycles. The highest BCUT2D eigenvalue weighted by molar-refractivity contribution is 9.09. The maximum atomic E-state index is 5.58. The van der Waals surface area contributed by atoms with Gasteiger partial charge in [-0.1, -0.05) is 15.9 Å². The van der Waals surface area contributed by atoms with Crippen molar-refractivity contribution in [3.63, 3.8) is 0 Å². The number of piperidine rings is 1. The van der Waals surface area contributed by atoms with Crippen LogP contribution in [0.2, 0.25) is 0 Å². The van der Waals surface area contributed by atoms with E-state index in [0.29, 0.717) is 10.7 Å². The second kappa shape index (κ2) is 5.67. The van der Waals surface area contributed by atoms with Gasteiger partial charge in [0, 0.05) is 30.2 Å². The first-order chi connectivity index (χ1) is 8.15. The van der Waals surface area contributed by atoms with Gasteiger partial charge >= 0.3 is 0 Å². The summed E-state index contributed by atoms with van der Waals surface area (Å²) in [6.45, 7) is 5.98. The first-order valence-electron chi connectivity index (χ1n) is 6.04. The highest BCUT2D eigenvalue weighted by Crippen LogP contribution is 2.21. The lowest BCUT2D eigenvalue weighted by Crippen LogP contribution is -2.36. The van der Waals surface area contributed by atoms with Gasteiger partial charge < -0.3 is 9.64 Å². The van der Waals surface area contributed by atoms with Gasteiger partial charge in [-0.3, -0.25) is 0 Å². The predicted molar refractivity (Wildman–Crippen MR) is 72.0 cm³/mol. The molecule has 1 aromatic heterocycles. The molecule has 1 unspecified atom stereocenters. The number of hydrogen-bond acceptors (Lipinski definition) is 4. The summed E-state index contributed by atoms with van der Waals surface area (Å²) in [5.74, 6) is 1.42. The van der Waals surface area contributed by atoms with Crippen molar-refractivity contribution in [2.24, 2.45) is 0 Å². The molecule has 0 spiro atoms. The van der Waals surface area contributed by atoms with Crippen LogP contribution in [0.4, 0.5) is 5.95 Å². The topological polar surface area (TPSA) is 38.2 Å². The average molecular weight is 300 g/mol. The number of ether oxygens (including phenoxy) is 1. The van der Waals surface area contributed by atoms with Gasteiger partial charge in [-0.25, -0.2) is 4.98 Å². The number of rotatable bonds is 3. The number of hydrogen-bond donors (Lipinski definition) is 0. The smallest absolute Gasteiger partial charge is 0.228 e. The van der Waals surface area contributed by atoms with Crippen LogP contribution in [0.5, 0.6) is 5.88 Å². The number of anilines is 1. The zero-order valence-electron chi connectivity index (χ0n) is 10.3. The fraction of sp³-hybridized carbons (Fsp3) is 0.667. The summed E-state index contributed by atoms with van der Waals surface area (Å²) in [5.41, 5.74) is 0. The molecule has 1 aromatic rings. The normalized spacial score (nSPS) is 20.7. The number of aromatic nitrogens is 2. The summed E-state index contributed by atoms with van der Waals surface area (Å²) in [6, 6.07) is 1.80. The minimum absolute atomic E-state index is 0.142. The minimum Gasteiger partial charge on any atom is -0.475 e. The molecule has 2 heterocycles. The Morgan fingerprint density at radius 1 is 1.53 bits per heavy atom. The molecule has 1 fully saturated rings. The van der Waals surface area contributed by atoms with Gasteiger partial charge in [0.25, 0.3) is 0 Å². The van der Waals surface area contributed by atoms with Crippen LogP contribution in [-0.4, -0.2) is 34.0 Å². The Bertz CT molecular complexity index is 373. The van der Waals surface area contributed by atoms with Crippen LogP contribution in [0.1, 0.15) is 26.7 Å². The van der Waals surface area contributed by atoms with E-state index in [1.165, 1.54) is 12.8 Å². The van der Waals surface area contributed by atoms with Gasteiger partial charge in [0.1, 0.15) is 0 Å². The summed E-state index contributed by atoms with van der Waals surface area (Å²) in [4.78, 5) is 11.5. The zero-order chi connectivity index (χ0) is 12.3. The number of halogens is 1. The summed E-state index contributed by atoms with van der Waals surface area (Å²) < 4.78 is 5.58. The Morgan fingerprint density at radius 2 is 2.35 bits per heavy atom. The van der Waals surface area contributed by atoms with E-state index in [1.807, 2.05) is 13.8 Å². The van der Waals surface area contributed by atoms with E-state index in [0.717, 1.165) is 19.0 Å². The molecule has 94 valence electrons. The third-order valence-corrected chi connectivity index (χ3v) is 3.37. The second-order valence-corrected chi connectivity index (χ2v) is 5.84. The zero-order valence-corrected chi connectivity index (χ0v) is 11.9. The Balaban J connectivity index is 2.09. The SMILES string of the molecule is CC(C)Oc1ccnc(N2CCCC(Br)C2)n1. The van der Waals surface area contributed by atoms with E-state index in [-0.39, 0.29) is 6.10 Å². The second-order valence-electron chi connectivity index (χ2n) is 4.55. The molecule has 1 aliphatic rings. The monoisotopic (exact) mass is 299 g/mol. The molecule has 5 heteroatoms. The molecule has 0 bridgehead atoms. The van der Waals surface area contributed by atoms with E-state index in [9.17, 15) is 0 Å². The largest absolute Gasteiger partial charge is 0.475 e. The number of alkyl halides is 1. The van der Waals surface area contributed by atoms with Crippen molar-refractivity contribution >= 4 is 21.9 Å². The number of nitrogens with zero attached hydrogens (tertiary/aromatic N) is 3. The molecular formula is C12H18BrN3O. The van der Waals surface area contributed by atoms with Gasteiger partial charge in [0.05, 0.1) is 6.10 Å². The summed E-state index contributed by atoms with van der Waals surface area (Å²) in [6.07, 6.45) is 4.30. The van der Waals surface area contributed by atoms with E-state index < -0.39 is 0 Å². The van der Waals surface area contributed by atoms with Crippen LogP contribution in [-0.2, 0) is 0 Å². The van der Waals surface area contributed by atoms with Crippen molar-refractivity contribution in [1.29, 1.82) is 0 Å². The Kier molecular flexibility index (Phi) is 4.20. The lowest BCUT2D eigenvalue weighted by atomic mass is 10.1. The first kappa shape index (κ1) is 12.6. The van der Waals surface area contributed by atoms with Gasteiger partial charge in [-0.2, -0.15) is 4.98 Å². The Labute approximate surface area is 111 Å². The summed E-state index contributed by atoms with van der Waals surface area (Å²) in [7, 11) is 0. The molecule has 0 N–H and O–H groups in total. The maximum Gasteiger partial charge on any atom is 0.228 e. The van der Waals surface area contributed by atoms with E-state index in [1.54, 1.807) is 12.3 Å². The van der Waals surface area contributed by atoms with E-state index >= 15 is 0 Å². The molecule has 17 heavy (non-hydrogen) atoms. The lowest BCUT2D eigenvalue weighted by molar-refractivity contribution is 0.232.